The smallest absolute Gasteiger partial charge is 0.336 e. The average molecular weight is 379 g/mol. The van der Waals surface area contributed by atoms with Gasteiger partial charge < -0.3 is 14.3 Å². The first-order valence-corrected chi connectivity index (χ1v) is 8.83. The molecule has 5 nitrogen and oxygen atoms in total. The number of rotatable bonds is 4. The van der Waals surface area contributed by atoms with E-state index in [1.807, 2.05) is 38.1 Å². The summed E-state index contributed by atoms with van der Waals surface area (Å²) in [6.07, 6.45) is -1.58. The van der Waals surface area contributed by atoms with E-state index in [1.165, 1.54) is 13.0 Å². The molecule has 2 aromatic heterocycles. The van der Waals surface area contributed by atoms with Gasteiger partial charge in [-0.25, -0.2) is 14.2 Å². The fourth-order valence-electron chi connectivity index (χ4n) is 3.50. The predicted octanol–water partition coefficient (Wildman–Crippen LogP) is 5.66. The van der Waals surface area contributed by atoms with Crippen LogP contribution in [0.1, 0.15) is 28.6 Å². The molecule has 0 spiro atoms. The lowest BCUT2D eigenvalue weighted by Gasteiger charge is -2.14. The van der Waals surface area contributed by atoms with Crippen LogP contribution in [0.3, 0.4) is 0 Å². The Labute approximate surface area is 160 Å². The summed E-state index contributed by atoms with van der Waals surface area (Å²) in [6.45, 7) is 4.89. The van der Waals surface area contributed by atoms with Gasteiger partial charge in [0.15, 0.2) is 0 Å². The van der Waals surface area contributed by atoms with Crippen LogP contribution >= 0.6 is 0 Å². The van der Waals surface area contributed by atoms with Crippen LogP contribution in [0.25, 0.3) is 33.1 Å². The standard InChI is InChI=1S/C22H18FNO4/c1-11-8-9-18(28-13(3)23)20-15(22(25)26)10-16(24-21(11)20)19-12(2)27-17-7-5-4-6-14(17)19/h4-10,13H,1-3H3,(H,25,26). The van der Waals surface area contributed by atoms with Gasteiger partial charge in [-0.3, -0.25) is 0 Å². The Hall–Kier alpha value is -3.41. The summed E-state index contributed by atoms with van der Waals surface area (Å²) in [7, 11) is 0. The van der Waals surface area contributed by atoms with Crippen LogP contribution in [-0.4, -0.2) is 22.4 Å². The number of hydrogen-bond donors (Lipinski definition) is 1. The molecule has 4 rings (SSSR count). The summed E-state index contributed by atoms with van der Waals surface area (Å²) in [4.78, 5) is 16.7. The summed E-state index contributed by atoms with van der Waals surface area (Å²) >= 11 is 0. The number of aromatic nitrogens is 1. The number of pyridine rings is 1. The van der Waals surface area contributed by atoms with E-state index >= 15 is 0 Å². The maximum Gasteiger partial charge on any atom is 0.336 e. The van der Waals surface area contributed by atoms with Gasteiger partial charge in [0.1, 0.15) is 17.1 Å². The van der Waals surface area contributed by atoms with Gasteiger partial charge in [0.25, 0.3) is 0 Å². The van der Waals surface area contributed by atoms with Crippen molar-refractivity contribution in [1.29, 1.82) is 0 Å². The van der Waals surface area contributed by atoms with Crippen molar-refractivity contribution in [2.45, 2.75) is 27.1 Å². The van der Waals surface area contributed by atoms with Crippen LogP contribution in [0, 0.1) is 13.8 Å². The normalized spacial score (nSPS) is 12.4. The molecule has 1 N–H and O–H groups in total. The van der Waals surface area contributed by atoms with E-state index in [0.29, 0.717) is 22.6 Å². The molecule has 0 bridgehead atoms. The van der Waals surface area contributed by atoms with E-state index in [9.17, 15) is 14.3 Å². The first-order chi connectivity index (χ1) is 13.4. The molecule has 0 radical (unpaired) electrons. The third kappa shape index (κ3) is 2.87. The molecular weight excluding hydrogens is 361 g/mol. The molecule has 0 aliphatic carbocycles. The molecule has 142 valence electrons. The van der Waals surface area contributed by atoms with E-state index in [2.05, 4.69) is 0 Å². The van der Waals surface area contributed by atoms with E-state index in [-0.39, 0.29) is 16.7 Å². The van der Waals surface area contributed by atoms with Crippen LogP contribution in [0.2, 0.25) is 0 Å². The second-order valence-corrected chi connectivity index (χ2v) is 6.65. The second kappa shape index (κ2) is 6.64. The minimum Gasteiger partial charge on any atom is -0.478 e. The van der Waals surface area contributed by atoms with Crippen molar-refractivity contribution in [2.24, 2.45) is 0 Å². The number of alkyl halides is 1. The van der Waals surface area contributed by atoms with Crippen molar-refractivity contribution in [3.8, 4) is 17.0 Å². The molecule has 0 fully saturated rings. The van der Waals surface area contributed by atoms with Gasteiger partial charge in [0.05, 0.1) is 22.2 Å². The van der Waals surface area contributed by atoms with E-state index in [4.69, 9.17) is 14.1 Å². The molecule has 1 atom stereocenters. The number of aryl methyl sites for hydroxylation is 2. The van der Waals surface area contributed by atoms with Crippen LogP contribution in [0.4, 0.5) is 4.39 Å². The van der Waals surface area contributed by atoms with Gasteiger partial charge in [-0.1, -0.05) is 24.3 Å². The van der Waals surface area contributed by atoms with Crippen LogP contribution in [0.15, 0.2) is 46.9 Å². The molecule has 6 heteroatoms. The van der Waals surface area contributed by atoms with Crippen molar-refractivity contribution in [3.63, 3.8) is 0 Å². The van der Waals surface area contributed by atoms with Crippen LogP contribution in [-0.2, 0) is 0 Å². The number of carbonyl (C=O) groups is 1. The Morgan fingerprint density at radius 3 is 2.68 bits per heavy atom. The zero-order chi connectivity index (χ0) is 20.0. The van der Waals surface area contributed by atoms with Crippen molar-refractivity contribution in [2.75, 3.05) is 0 Å². The lowest BCUT2D eigenvalue weighted by atomic mass is 10.00. The van der Waals surface area contributed by atoms with Gasteiger partial charge >= 0.3 is 5.97 Å². The Morgan fingerprint density at radius 1 is 1.21 bits per heavy atom. The lowest BCUT2D eigenvalue weighted by molar-refractivity contribution is 0.0695. The highest BCUT2D eigenvalue weighted by Gasteiger charge is 2.22. The highest BCUT2D eigenvalue weighted by Crippen LogP contribution is 2.38. The number of fused-ring (bicyclic) bond motifs is 2. The van der Waals surface area contributed by atoms with Gasteiger partial charge in [-0.2, -0.15) is 0 Å². The number of aromatic carboxylic acids is 1. The summed E-state index contributed by atoms with van der Waals surface area (Å²) < 4.78 is 24.5. The zero-order valence-corrected chi connectivity index (χ0v) is 15.6. The third-order valence-corrected chi connectivity index (χ3v) is 4.67. The number of halogens is 1. The maximum atomic E-state index is 13.5. The summed E-state index contributed by atoms with van der Waals surface area (Å²) in [6, 6.07) is 12.3. The molecule has 0 saturated heterocycles. The number of nitrogens with zero attached hydrogens (tertiary/aromatic N) is 1. The number of ether oxygens (including phenoxy) is 1. The number of benzene rings is 2. The maximum absolute atomic E-state index is 13.5. The molecule has 2 aromatic carbocycles. The zero-order valence-electron chi connectivity index (χ0n) is 15.6. The highest BCUT2D eigenvalue weighted by atomic mass is 19.1. The molecule has 0 amide bonds. The number of furan rings is 1. The van der Waals surface area contributed by atoms with Crippen molar-refractivity contribution in [3.05, 3.63) is 59.4 Å². The van der Waals surface area contributed by atoms with Crippen molar-refractivity contribution >= 4 is 27.8 Å². The summed E-state index contributed by atoms with van der Waals surface area (Å²) in [5.41, 5.74) is 3.16. The fourth-order valence-corrected chi connectivity index (χ4v) is 3.50. The van der Waals surface area contributed by atoms with E-state index in [0.717, 1.165) is 16.5 Å². The molecule has 0 aliphatic heterocycles. The monoisotopic (exact) mass is 379 g/mol. The van der Waals surface area contributed by atoms with Gasteiger partial charge in [0, 0.05) is 17.9 Å². The molecule has 4 aromatic rings. The van der Waals surface area contributed by atoms with E-state index < -0.39 is 12.3 Å². The summed E-state index contributed by atoms with van der Waals surface area (Å²) in [5.74, 6) is -0.339. The average Bonchev–Trinajstić information content (AvgIpc) is 2.98. The Kier molecular flexibility index (Phi) is 4.26. The lowest BCUT2D eigenvalue weighted by Crippen LogP contribution is -2.08. The molecule has 0 aliphatic rings. The minimum absolute atomic E-state index is 0.00373. The number of carboxylic acids is 1. The first-order valence-electron chi connectivity index (χ1n) is 8.83. The van der Waals surface area contributed by atoms with Crippen LogP contribution < -0.4 is 4.74 Å². The minimum atomic E-state index is -1.58. The topological polar surface area (TPSA) is 72.6 Å². The Morgan fingerprint density at radius 2 is 1.96 bits per heavy atom. The SMILES string of the molecule is Cc1oc2ccccc2c1-c1cc(C(=O)O)c2c(OC(C)F)ccc(C)c2n1. The fraction of sp³-hybridized carbons (Fsp3) is 0.182. The molecular formula is C22H18FNO4. The van der Waals surface area contributed by atoms with Crippen LogP contribution in [0.5, 0.6) is 5.75 Å². The predicted molar refractivity (Wildman–Crippen MR) is 105 cm³/mol. The summed E-state index contributed by atoms with van der Waals surface area (Å²) in [5, 5.41) is 11.0. The van der Waals surface area contributed by atoms with Crippen molar-refractivity contribution in [1.82, 2.24) is 4.98 Å². The third-order valence-electron chi connectivity index (χ3n) is 4.67. The number of para-hydroxylation sites is 1. The van der Waals surface area contributed by atoms with Gasteiger partial charge in [0.2, 0.25) is 6.36 Å². The largest absolute Gasteiger partial charge is 0.478 e. The quantitative estimate of drug-likeness (QED) is 0.495. The highest BCUT2D eigenvalue weighted by molar-refractivity contribution is 6.08. The number of hydrogen-bond acceptors (Lipinski definition) is 4. The molecule has 28 heavy (non-hydrogen) atoms. The van der Waals surface area contributed by atoms with E-state index in [1.54, 1.807) is 12.1 Å². The second-order valence-electron chi connectivity index (χ2n) is 6.65. The Bertz CT molecular complexity index is 1230. The van der Waals surface area contributed by atoms with Gasteiger partial charge in [-0.15, -0.1) is 0 Å². The van der Waals surface area contributed by atoms with Crippen molar-refractivity contribution < 1.29 is 23.4 Å². The first kappa shape index (κ1) is 18.0. The number of carboxylic acid groups (broad SMARTS) is 1. The van der Waals surface area contributed by atoms with Gasteiger partial charge in [-0.05, 0) is 37.6 Å². The molecule has 2 heterocycles. The molecule has 1 unspecified atom stereocenters. The molecule has 0 saturated carbocycles. The Balaban J connectivity index is 2.08.